The van der Waals surface area contributed by atoms with Crippen LogP contribution < -0.4 is 10.9 Å². The molecule has 0 aliphatic heterocycles. The molecule has 0 N–H and O–H groups in total. The average molecular weight is 304 g/mol. The van der Waals surface area contributed by atoms with Gasteiger partial charge in [0, 0.05) is 12.4 Å². The smallest absolute Gasteiger partial charge is 0.0895 e. The summed E-state index contributed by atoms with van der Waals surface area (Å²) in [6.45, 7) is 15.4. The summed E-state index contributed by atoms with van der Waals surface area (Å²) in [6.07, 6.45) is 15.3. The maximum Gasteiger partial charge on any atom is 0.0895 e. The molecule has 0 aliphatic carbocycles. The lowest BCUT2D eigenvalue weighted by Crippen LogP contribution is -2.30. The standard InChI is InChI=1S/C16H22N2P2/c1-5-11-19(12-6-2)15-16(18-10-9-17-15)20(13-7-3)14-8-4/h5-10H,1-4,11-14H2. The van der Waals surface area contributed by atoms with Crippen LogP contribution in [0.15, 0.2) is 63.0 Å². The molecule has 1 rings (SSSR count). The summed E-state index contributed by atoms with van der Waals surface area (Å²) in [4.78, 5) is 9.24. The lowest BCUT2D eigenvalue weighted by atomic mass is 10.7. The number of hydrogen-bond acceptors (Lipinski definition) is 2. The predicted molar refractivity (Wildman–Crippen MR) is 95.4 cm³/mol. The van der Waals surface area contributed by atoms with Gasteiger partial charge in [-0.15, -0.1) is 26.3 Å². The molecule has 106 valence electrons. The molecule has 0 radical (unpaired) electrons. The molecule has 0 saturated heterocycles. The minimum Gasteiger partial charge on any atom is -0.253 e. The third-order valence-electron chi connectivity index (χ3n) is 2.66. The van der Waals surface area contributed by atoms with Gasteiger partial charge < -0.3 is 0 Å². The molecule has 0 amide bonds. The number of aromatic nitrogens is 2. The van der Waals surface area contributed by atoms with E-state index in [1.165, 1.54) is 0 Å². The highest BCUT2D eigenvalue weighted by molar-refractivity contribution is 7.71. The first kappa shape index (κ1) is 17.0. The van der Waals surface area contributed by atoms with Crippen molar-refractivity contribution in [2.75, 3.05) is 24.6 Å². The normalized spacial score (nSPS) is 10.5. The quantitative estimate of drug-likeness (QED) is 0.489. The van der Waals surface area contributed by atoms with Crippen LogP contribution in [-0.4, -0.2) is 34.6 Å². The Labute approximate surface area is 124 Å². The van der Waals surface area contributed by atoms with Gasteiger partial charge in [0.2, 0.25) is 0 Å². The molecule has 1 heterocycles. The van der Waals surface area contributed by atoms with Crippen molar-refractivity contribution in [3.63, 3.8) is 0 Å². The van der Waals surface area contributed by atoms with Crippen molar-refractivity contribution in [1.82, 2.24) is 9.97 Å². The topological polar surface area (TPSA) is 25.8 Å². The van der Waals surface area contributed by atoms with Gasteiger partial charge in [-0.05, 0) is 40.5 Å². The molecular formula is C16H22N2P2. The van der Waals surface area contributed by atoms with Crippen molar-refractivity contribution in [1.29, 1.82) is 0 Å². The lowest BCUT2D eigenvalue weighted by molar-refractivity contribution is 1.28. The van der Waals surface area contributed by atoms with E-state index in [-0.39, 0.29) is 0 Å². The maximum atomic E-state index is 4.62. The van der Waals surface area contributed by atoms with Gasteiger partial charge in [0.1, 0.15) is 0 Å². The molecule has 0 aliphatic rings. The molecule has 0 saturated carbocycles. The van der Waals surface area contributed by atoms with E-state index in [0.717, 1.165) is 35.5 Å². The van der Waals surface area contributed by atoms with Crippen molar-refractivity contribution < 1.29 is 0 Å². The Morgan fingerprint density at radius 1 is 0.700 bits per heavy atom. The third kappa shape index (κ3) is 4.78. The molecule has 0 bridgehead atoms. The molecule has 0 aromatic carbocycles. The minimum absolute atomic E-state index is 0.393. The number of rotatable bonds is 10. The lowest BCUT2D eigenvalue weighted by Gasteiger charge is -2.21. The van der Waals surface area contributed by atoms with E-state index < -0.39 is 15.8 Å². The summed E-state index contributed by atoms with van der Waals surface area (Å²) in [7, 11) is -0.786. The highest BCUT2D eigenvalue weighted by atomic mass is 31.1. The van der Waals surface area contributed by atoms with Gasteiger partial charge in [-0.25, -0.2) is 0 Å². The molecule has 1 aromatic rings. The van der Waals surface area contributed by atoms with Crippen molar-refractivity contribution in [3.8, 4) is 0 Å². The third-order valence-corrected chi connectivity index (χ3v) is 7.48. The maximum absolute atomic E-state index is 4.62. The summed E-state index contributed by atoms with van der Waals surface area (Å²) < 4.78 is 0. The number of allylic oxidation sites excluding steroid dienone is 4. The largest absolute Gasteiger partial charge is 0.253 e. The number of hydrogen-bond donors (Lipinski definition) is 0. The Hall–Kier alpha value is -1.10. The fourth-order valence-corrected chi connectivity index (χ4v) is 6.11. The van der Waals surface area contributed by atoms with Gasteiger partial charge in [-0.3, -0.25) is 9.97 Å². The second-order valence-electron chi connectivity index (χ2n) is 4.17. The Bertz CT molecular complexity index is 408. The fraction of sp³-hybridized carbons (Fsp3) is 0.250. The number of nitrogens with zero attached hydrogens (tertiary/aromatic N) is 2. The van der Waals surface area contributed by atoms with Crippen LogP contribution in [0.5, 0.6) is 0 Å². The van der Waals surface area contributed by atoms with Crippen LogP contribution in [0.4, 0.5) is 0 Å². The first-order valence-corrected chi connectivity index (χ1v) is 9.95. The molecular weight excluding hydrogens is 282 g/mol. The summed E-state index contributed by atoms with van der Waals surface area (Å²) in [6, 6.07) is 0. The van der Waals surface area contributed by atoms with Gasteiger partial charge in [0.25, 0.3) is 0 Å². The van der Waals surface area contributed by atoms with Crippen LogP contribution in [0.3, 0.4) is 0 Å². The molecule has 0 fully saturated rings. The van der Waals surface area contributed by atoms with Crippen molar-refractivity contribution >= 4 is 26.7 Å². The van der Waals surface area contributed by atoms with E-state index in [1.54, 1.807) is 12.4 Å². The molecule has 0 unspecified atom stereocenters. The van der Waals surface area contributed by atoms with Crippen LogP contribution in [0, 0.1) is 0 Å². The van der Waals surface area contributed by atoms with Gasteiger partial charge in [-0.1, -0.05) is 24.3 Å². The minimum atomic E-state index is -0.393. The fourth-order valence-electron chi connectivity index (χ4n) is 1.89. The second-order valence-corrected chi connectivity index (χ2v) is 8.64. The predicted octanol–water partition coefficient (Wildman–Crippen LogP) is 3.44. The van der Waals surface area contributed by atoms with Crippen LogP contribution in [0.1, 0.15) is 0 Å². The van der Waals surface area contributed by atoms with E-state index in [9.17, 15) is 0 Å². The Morgan fingerprint density at radius 3 is 1.25 bits per heavy atom. The first-order chi connectivity index (χ1) is 9.78. The Morgan fingerprint density at radius 2 is 1.00 bits per heavy atom. The molecule has 0 spiro atoms. The second kappa shape index (κ2) is 9.75. The van der Waals surface area contributed by atoms with Crippen LogP contribution in [0.25, 0.3) is 0 Å². The van der Waals surface area contributed by atoms with E-state index in [2.05, 4.69) is 36.3 Å². The van der Waals surface area contributed by atoms with E-state index >= 15 is 0 Å². The Balaban J connectivity index is 3.17. The highest BCUT2D eigenvalue weighted by Crippen LogP contribution is 2.39. The van der Waals surface area contributed by atoms with E-state index in [1.807, 2.05) is 24.3 Å². The molecule has 1 aromatic heterocycles. The van der Waals surface area contributed by atoms with Crippen molar-refractivity contribution in [3.05, 3.63) is 63.0 Å². The summed E-state index contributed by atoms with van der Waals surface area (Å²) in [5.74, 6) is 0. The molecule has 2 nitrogen and oxygen atoms in total. The summed E-state index contributed by atoms with van der Waals surface area (Å²) in [5.41, 5.74) is 2.30. The average Bonchev–Trinajstić information content (AvgIpc) is 2.47. The zero-order valence-electron chi connectivity index (χ0n) is 11.9. The van der Waals surface area contributed by atoms with Gasteiger partial charge in [0.15, 0.2) is 0 Å². The molecule has 0 atom stereocenters. The van der Waals surface area contributed by atoms with Crippen LogP contribution in [0.2, 0.25) is 0 Å². The highest BCUT2D eigenvalue weighted by Gasteiger charge is 2.20. The zero-order chi connectivity index (χ0) is 14.8. The van der Waals surface area contributed by atoms with Crippen molar-refractivity contribution in [2.24, 2.45) is 0 Å². The van der Waals surface area contributed by atoms with Crippen molar-refractivity contribution in [2.45, 2.75) is 0 Å². The monoisotopic (exact) mass is 304 g/mol. The SMILES string of the molecule is C=CCP(CC=C)c1nccnc1P(CC=C)CC=C. The molecule has 20 heavy (non-hydrogen) atoms. The summed E-state index contributed by atoms with van der Waals surface area (Å²) in [5, 5.41) is 0. The molecule has 4 heteroatoms. The first-order valence-electron chi connectivity index (χ1n) is 6.53. The van der Waals surface area contributed by atoms with E-state index in [0.29, 0.717) is 0 Å². The van der Waals surface area contributed by atoms with Gasteiger partial charge >= 0.3 is 0 Å². The Kier molecular flexibility index (Phi) is 8.26. The zero-order valence-corrected chi connectivity index (χ0v) is 13.7. The van der Waals surface area contributed by atoms with Gasteiger partial charge in [-0.2, -0.15) is 0 Å². The van der Waals surface area contributed by atoms with E-state index in [4.69, 9.17) is 0 Å². The van der Waals surface area contributed by atoms with Crippen LogP contribution >= 0.6 is 15.8 Å². The van der Waals surface area contributed by atoms with Crippen LogP contribution in [-0.2, 0) is 0 Å². The summed E-state index contributed by atoms with van der Waals surface area (Å²) >= 11 is 0. The van der Waals surface area contributed by atoms with Gasteiger partial charge in [0.05, 0.1) is 10.9 Å².